The Morgan fingerprint density at radius 1 is 1.10 bits per heavy atom. The number of benzene rings is 1. The van der Waals surface area contributed by atoms with Crippen molar-refractivity contribution in [2.45, 2.75) is 64.2 Å². The van der Waals surface area contributed by atoms with Gasteiger partial charge in [0.05, 0.1) is 17.5 Å². The fourth-order valence-corrected chi connectivity index (χ4v) is 4.98. The van der Waals surface area contributed by atoms with Crippen LogP contribution in [0.1, 0.15) is 70.3 Å². The number of aromatic nitrogens is 7. The standard InChI is InChI=1S/C30H29F3N8O/c1-18-8-9-19(15-34-18)16-35-29(42)25-17-41(40-38-25)12-3-2-7-23-14-24-26(21-5-4-6-22(13-21)30(31,32)33)27(20-10-11-20)36-28(24)39-37-23/h4-6,8-9,13-15,17,20H,2-3,7,10-12,16H2,1H3,(H,35,42)(H,36,39). The summed E-state index contributed by atoms with van der Waals surface area (Å²) in [6.45, 7) is 2.83. The van der Waals surface area contributed by atoms with Crippen molar-refractivity contribution in [3.63, 3.8) is 0 Å². The van der Waals surface area contributed by atoms with Gasteiger partial charge < -0.3 is 10.3 Å². The van der Waals surface area contributed by atoms with Crippen LogP contribution >= 0.6 is 0 Å². The minimum Gasteiger partial charge on any atom is -0.346 e. The molecule has 1 aliphatic rings. The number of fused-ring (bicyclic) bond motifs is 1. The van der Waals surface area contributed by atoms with Crippen LogP contribution in [0.3, 0.4) is 0 Å². The molecule has 0 aliphatic heterocycles. The van der Waals surface area contributed by atoms with Crippen molar-refractivity contribution in [3.8, 4) is 11.1 Å². The van der Waals surface area contributed by atoms with Crippen molar-refractivity contribution in [1.29, 1.82) is 0 Å². The van der Waals surface area contributed by atoms with Crippen LogP contribution in [0.4, 0.5) is 13.2 Å². The summed E-state index contributed by atoms with van der Waals surface area (Å²) in [7, 11) is 0. The summed E-state index contributed by atoms with van der Waals surface area (Å²) in [5.41, 5.74) is 4.96. The van der Waals surface area contributed by atoms with E-state index < -0.39 is 11.7 Å². The highest BCUT2D eigenvalue weighted by atomic mass is 19.4. The number of carbonyl (C=O) groups excluding carboxylic acids is 1. The van der Waals surface area contributed by atoms with Gasteiger partial charge in [-0.1, -0.05) is 23.4 Å². The molecule has 0 bridgehead atoms. The number of amides is 1. The van der Waals surface area contributed by atoms with Crippen LogP contribution < -0.4 is 5.32 Å². The van der Waals surface area contributed by atoms with E-state index in [2.05, 4.69) is 35.8 Å². The molecule has 5 aromatic rings. The van der Waals surface area contributed by atoms with Gasteiger partial charge in [-0.05, 0) is 80.3 Å². The second-order valence-electron chi connectivity index (χ2n) is 10.7. The van der Waals surface area contributed by atoms with Crippen molar-refractivity contribution in [1.82, 2.24) is 40.5 Å². The predicted molar refractivity (Wildman–Crippen MR) is 149 cm³/mol. The molecule has 0 saturated heterocycles. The second kappa shape index (κ2) is 11.3. The Balaban J connectivity index is 1.09. The van der Waals surface area contributed by atoms with E-state index in [0.29, 0.717) is 36.6 Å². The average Bonchev–Trinajstić information content (AvgIpc) is 3.59. The van der Waals surface area contributed by atoms with Gasteiger partial charge in [-0.25, -0.2) is 0 Å². The molecular weight excluding hydrogens is 545 g/mol. The molecule has 9 nitrogen and oxygen atoms in total. The number of alkyl halides is 3. The highest BCUT2D eigenvalue weighted by molar-refractivity contribution is 5.96. The fraction of sp³-hybridized carbons (Fsp3) is 0.333. The van der Waals surface area contributed by atoms with Crippen LogP contribution in [-0.2, 0) is 25.7 Å². The maximum Gasteiger partial charge on any atom is 0.416 e. The van der Waals surface area contributed by atoms with Gasteiger partial charge in [-0.2, -0.15) is 18.3 Å². The summed E-state index contributed by atoms with van der Waals surface area (Å²) in [5, 5.41) is 20.4. The molecule has 2 N–H and O–H groups in total. The Labute approximate surface area is 239 Å². The molecule has 0 spiro atoms. The quantitative estimate of drug-likeness (QED) is 0.205. The van der Waals surface area contributed by atoms with E-state index in [4.69, 9.17) is 0 Å². The third-order valence-electron chi connectivity index (χ3n) is 7.37. The first-order valence-electron chi connectivity index (χ1n) is 13.9. The van der Waals surface area contributed by atoms with Gasteiger partial charge >= 0.3 is 6.18 Å². The Kier molecular flexibility index (Phi) is 7.44. The number of nitrogens with zero attached hydrogens (tertiary/aromatic N) is 6. The number of nitrogens with one attached hydrogen (secondary N) is 2. The maximum absolute atomic E-state index is 13.4. The van der Waals surface area contributed by atoms with Crippen molar-refractivity contribution in [3.05, 3.63) is 88.8 Å². The molecule has 4 aromatic heterocycles. The van der Waals surface area contributed by atoms with Gasteiger partial charge in [0.2, 0.25) is 0 Å². The maximum atomic E-state index is 13.4. The molecule has 0 atom stereocenters. The summed E-state index contributed by atoms with van der Waals surface area (Å²) in [5.74, 6) is -0.0134. The van der Waals surface area contributed by atoms with Crippen molar-refractivity contribution < 1.29 is 18.0 Å². The van der Waals surface area contributed by atoms with Gasteiger partial charge in [0.15, 0.2) is 11.3 Å². The van der Waals surface area contributed by atoms with Crippen molar-refractivity contribution in [2.75, 3.05) is 0 Å². The van der Waals surface area contributed by atoms with Crippen LogP contribution in [0.15, 0.2) is 54.9 Å². The SMILES string of the molecule is Cc1ccc(CNC(=O)c2cn(CCCCc3cc4c(-c5cccc(C(F)(F)F)c5)c(C5CC5)[nH]c4nn3)nn2)cn1. The molecule has 1 amide bonds. The van der Waals surface area contributed by atoms with Crippen LogP contribution in [0.25, 0.3) is 22.2 Å². The summed E-state index contributed by atoms with van der Waals surface area (Å²) in [6, 6.07) is 11.2. The van der Waals surface area contributed by atoms with E-state index in [1.54, 1.807) is 23.1 Å². The fourth-order valence-electron chi connectivity index (χ4n) is 4.98. The summed E-state index contributed by atoms with van der Waals surface area (Å²) >= 11 is 0. The smallest absolute Gasteiger partial charge is 0.346 e. The lowest BCUT2D eigenvalue weighted by Gasteiger charge is -2.10. The number of aryl methyl sites for hydroxylation is 3. The molecule has 6 rings (SSSR count). The first kappa shape index (κ1) is 27.6. The first-order valence-corrected chi connectivity index (χ1v) is 13.9. The summed E-state index contributed by atoms with van der Waals surface area (Å²) in [4.78, 5) is 20.0. The normalized spacial score (nSPS) is 13.5. The second-order valence-corrected chi connectivity index (χ2v) is 10.7. The number of carbonyl (C=O) groups is 1. The molecule has 0 radical (unpaired) electrons. The van der Waals surface area contributed by atoms with Crippen LogP contribution in [-0.4, -0.2) is 41.1 Å². The number of halogens is 3. The van der Waals surface area contributed by atoms with E-state index in [9.17, 15) is 18.0 Å². The van der Waals surface area contributed by atoms with Gasteiger partial charge in [0.1, 0.15) is 0 Å². The topological polar surface area (TPSA) is 114 Å². The zero-order valence-electron chi connectivity index (χ0n) is 22.9. The van der Waals surface area contributed by atoms with Crippen molar-refractivity contribution in [2.24, 2.45) is 0 Å². The lowest BCUT2D eigenvalue weighted by molar-refractivity contribution is -0.137. The van der Waals surface area contributed by atoms with Gasteiger partial charge in [-0.3, -0.25) is 14.5 Å². The summed E-state index contributed by atoms with van der Waals surface area (Å²) in [6.07, 6.45) is 3.10. The molecule has 1 saturated carbocycles. The average molecular weight is 575 g/mol. The number of H-pyrrole nitrogens is 1. The lowest BCUT2D eigenvalue weighted by Crippen LogP contribution is -2.23. The zero-order chi connectivity index (χ0) is 29.3. The number of hydrogen-bond acceptors (Lipinski definition) is 6. The highest BCUT2D eigenvalue weighted by Crippen LogP contribution is 2.47. The lowest BCUT2D eigenvalue weighted by atomic mass is 9.98. The number of hydrogen-bond donors (Lipinski definition) is 2. The third kappa shape index (κ3) is 6.17. The molecule has 0 unspecified atom stereocenters. The molecule has 1 aliphatic carbocycles. The molecular formula is C30H29F3N8O. The third-order valence-corrected chi connectivity index (χ3v) is 7.37. The first-order chi connectivity index (χ1) is 20.2. The minimum absolute atomic E-state index is 0.243. The molecule has 12 heteroatoms. The van der Waals surface area contributed by atoms with Gasteiger partial charge in [0, 0.05) is 41.6 Å². The Morgan fingerprint density at radius 3 is 2.71 bits per heavy atom. The number of aromatic amines is 1. The van der Waals surface area contributed by atoms with E-state index in [-0.39, 0.29) is 11.6 Å². The van der Waals surface area contributed by atoms with Crippen LogP contribution in [0, 0.1) is 6.92 Å². The molecule has 1 fully saturated rings. The van der Waals surface area contributed by atoms with E-state index in [1.807, 2.05) is 25.1 Å². The molecule has 1 aromatic carbocycles. The zero-order valence-corrected chi connectivity index (χ0v) is 22.9. The number of pyridine rings is 1. The van der Waals surface area contributed by atoms with E-state index in [1.165, 1.54) is 12.1 Å². The molecule has 216 valence electrons. The predicted octanol–water partition coefficient (Wildman–Crippen LogP) is 5.77. The largest absolute Gasteiger partial charge is 0.416 e. The Bertz CT molecular complexity index is 1720. The van der Waals surface area contributed by atoms with Gasteiger partial charge in [0.25, 0.3) is 5.91 Å². The number of rotatable bonds is 10. The van der Waals surface area contributed by atoms with E-state index >= 15 is 0 Å². The Hall–Kier alpha value is -4.61. The molecule has 4 heterocycles. The summed E-state index contributed by atoms with van der Waals surface area (Å²) < 4.78 is 42.0. The van der Waals surface area contributed by atoms with Crippen LogP contribution in [0.2, 0.25) is 0 Å². The molecule has 42 heavy (non-hydrogen) atoms. The minimum atomic E-state index is -4.42. The van der Waals surface area contributed by atoms with Crippen molar-refractivity contribution >= 4 is 16.9 Å². The monoisotopic (exact) mass is 574 g/mol. The van der Waals surface area contributed by atoms with Crippen LogP contribution in [0.5, 0.6) is 0 Å². The highest BCUT2D eigenvalue weighted by Gasteiger charge is 2.33. The Morgan fingerprint density at radius 2 is 1.95 bits per heavy atom. The van der Waals surface area contributed by atoms with Gasteiger partial charge in [-0.15, -0.1) is 10.2 Å². The number of unbranched alkanes of at least 4 members (excludes halogenated alkanes) is 1. The van der Waals surface area contributed by atoms with E-state index in [0.717, 1.165) is 65.3 Å².